The van der Waals surface area contributed by atoms with Crippen molar-refractivity contribution in [3.8, 4) is 0 Å². The Hall–Kier alpha value is 0. The van der Waals surface area contributed by atoms with Gasteiger partial charge in [0.25, 0.3) is 0 Å². The molecule has 0 radical (unpaired) electrons. The lowest BCUT2D eigenvalue weighted by Gasteiger charge is -2.11. The van der Waals surface area contributed by atoms with E-state index in [4.69, 9.17) is 0 Å². The van der Waals surface area contributed by atoms with Crippen LogP contribution >= 0.6 is 0 Å². The van der Waals surface area contributed by atoms with E-state index in [0.717, 1.165) is 11.8 Å². The van der Waals surface area contributed by atoms with Gasteiger partial charge in [0.05, 0.1) is 0 Å². The first-order valence-electron chi connectivity index (χ1n) is 19.2. The lowest BCUT2D eigenvalue weighted by atomic mass is 9.95. The smallest absolute Gasteiger partial charge is 0.0443 e. The lowest BCUT2D eigenvalue weighted by molar-refractivity contribution is 0.425. The molecule has 2 atom stereocenters. The number of unbranched alkanes of at least 4 members (excludes halogenated alkanes) is 26. The van der Waals surface area contributed by atoms with E-state index in [1.54, 1.807) is 0 Å². The molecule has 0 aromatic carbocycles. The first-order chi connectivity index (χ1) is 19.2. The van der Waals surface area contributed by atoms with Gasteiger partial charge in [-0.05, 0) is 11.8 Å². The second kappa shape index (κ2) is 34.2. The summed E-state index contributed by atoms with van der Waals surface area (Å²) in [6.07, 6.45) is 48.6. The van der Waals surface area contributed by atoms with Crippen LogP contribution in [-0.2, 0) is 0 Å². The van der Waals surface area contributed by atoms with Crippen LogP contribution in [0.4, 0.5) is 0 Å². The summed E-state index contributed by atoms with van der Waals surface area (Å²) in [7, 11) is 0. The summed E-state index contributed by atoms with van der Waals surface area (Å²) in [4.78, 5) is 0. The van der Waals surface area contributed by atoms with Gasteiger partial charge in [-0.2, -0.15) is 0 Å². The maximum atomic E-state index is 2.51. The molecule has 0 amide bonds. The van der Waals surface area contributed by atoms with Gasteiger partial charge < -0.3 is 0 Å². The minimum Gasteiger partial charge on any atom is -0.0654 e. The number of hydrogen-bond donors (Lipinski definition) is 0. The van der Waals surface area contributed by atoms with Crippen LogP contribution in [0.1, 0.15) is 240 Å². The van der Waals surface area contributed by atoms with Gasteiger partial charge in [-0.1, -0.05) is 240 Å². The maximum Gasteiger partial charge on any atom is -0.0443 e. The normalized spacial score (nSPS) is 13.2. The topological polar surface area (TPSA) is 0 Å². The molecule has 0 fully saturated rings. The molecule has 0 saturated heterocycles. The molecule has 39 heavy (non-hydrogen) atoms. The minimum atomic E-state index is 0.964. The zero-order valence-corrected chi connectivity index (χ0v) is 28.5. The predicted molar refractivity (Wildman–Crippen MR) is 182 cm³/mol. The fraction of sp³-hybridized carbons (Fsp3) is 1.00. The summed E-state index contributed by atoms with van der Waals surface area (Å²) < 4.78 is 0. The first-order valence-corrected chi connectivity index (χ1v) is 19.2. The van der Waals surface area contributed by atoms with E-state index < -0.39 is 0 Å². The lowest BCUT2D eigenvalue weighted by Crippen LogP contribution is -1.95. The van der Waals surface area contributed by atoms with Gasteiger partial charge in [-0.15, -0.1) is 0 Å². The van der Waals surface area contributed by atoms with Crippen molar-refractivity contribution in [3.05, 3.63) is 0 Å². The molecule has 0 heterocycles. The molecule has 0 aliphatic carbocycles. The van der Waals surface area contributed by atoms with Crippen LogP contribution in [0.5, 0.6) is 0 Å². The molecular formula is C39H80. The Morgan fingerprint density at radius 1 is 0.231 bits per heavy atom. The van der Waals surface area contributed by atoms with Crippen LogP contribution in [0, 0.1) is 11.8 Å². The Morgan fingerprint density at radius 2 is 0.385 bits per heavy atom. The number of hydrogen-bond acceptors (Lipinski definition) is 0. The molecule has 0 aromatic rings. The van der Waals surface area contributed by atoms with Crippen molar-refractivity contribution in [1.82, 2.24) is 0 Å². The summed E-state index contributed by atoms with van der Waals surface area (Å²) in [5.41, 5.74) is 0. The summed E-state index contributed by atoms with van der Waals surface area (Å²) in [5, 5.41) is 0. The van der Waals surface area contributed by atoms with Crippen molar-refractivity contribution < 1.29 is 0 Å². The molecule has 0 aliphatic rings. The molecule has 2 unspecified atom stereocenters. The Morgan fingerprint density at radius 3 is 0.564 bits per heavy atom. The van der Waals surface area contributed by atoms with Gasteiger partial charge >= 0.3 is 0 Å². The van der Waals surface area contributed by atoms with Crippen molar-refractivity contribution in [3.63, 3.8) is 0 Å². The van der Waals surface area contributed by atoms with Gasteiger partial charge in [0, 0.05) is 0 Å². The van der Waals surface area contributed by atoms with E-state index in [-0.39, 0.29) is 0 Å². The SMILES string of the molecule is CCCCCCCCCCCCCCC(C)CCCCCCCCCCCC(C)CCCCCCCCCC. The molecule has 0 rings (SSSR count). The molecular weight excluding hydrogens is 468 g/mol. The van der Waals surface area contributed by atoms with Crippen LogP contribution in [0.3, 0.4) is 0 Å². The molecule has 0 aliphatic heterocycles. The molecule has 0 bridgehead atoms. The molecule has 0 nitrogen and oxygen atoms in total. The van der Waals surface area contributed by atoms with Crippen molar-refractivity contribution in [2.45, 2.75) is 240 Å². The van der Waals surface area contributed by atoms with Crippen molar-refractivity contribution >= 4 is 0 Å². The molecule has 0 spiro atoms. The van der Waals surface area contributed by atoms with Crippen LogP contribution in [0.2, 0.25) is 0 Å². The quantitative estimate of drug-likeness (QED) is 0.0701. The van der Waals surface area contributed by atoms with E-state index in [2.05, 4.69) is 27.7 Å². The predicted octanol–water partition coefficient (Wildman–Crippen LogP) is 15.2. The zero-order valence-electron chi connectivity index (χ0n) is 28.5. The molecule has 0 aromatic heterocycles. The van der Waals surface area contributed by atoms with Crippen molar-refractivity contribution in [1.29, 1.82) is 0 Å². The van der Waals surface area contributed by atoms with Gasteiger partial charge in [0.15, 0.2) is 0 Å². The van der Waals surface area contributed by atoms with Crippen molar-refractivity contribution in [2.75, 3.05) is 0 Å². The van der Waals surface area contributed by atoms with Gasteiger partial charge in [0.2, 0.25) is 0 Å². The van der Waals surface area contributed by atoms with E-state index in [1.807, 2.05) is 0 Å². The van der Waals surface area contributed by atoms with Crippen molar-refractivity contribution in [2.24, 2.45) is 11.8 Å². The van der Waals surface area contributed by atoms with E-state index >= 15 is 0 Å². The van der Waals surface area contributed by atoms with E-state index in [9.17, 15) is 0 Å². The number of rotatable bonds is 34. The Balaban J connectivity index is 3.21. The average Bonchev–Trinajstić information content (AvgIpc) is 2.93. The largest absolute Gasteiger partial charge is 0.0654 e. The summed E-state index contributed by atoms with van der Waals surface area (Å²) >= 11 is 0. The van der Waals surface area contributed by atoms with Crippen LogP contribution in [0.15, 0.2) is 0 Å². The highest BCUT2D eigenvalue weighted by Crippen LogP contribution is 2.21. The summed E-state index contributed by atoms with van der Waals surface area (Å²) in [6.45, 7) is 9.63. The first kappa shape index (κ1) is 39.0. The summed E-state index contributed by atoms with van der Waals surface area (Å²) in [6, 6.07) is 0. The van der Waals surface area contributed by atoms with Crippen LogP contribution < -0.4 is 0 Å². The van der Waals surface area contributed by atoms with E-state index in [1.165, 1.54) is 212 Å². The fourth-order valence-electron chi connectivity index (χ4n) is 6.47. The van der Waals surface area contributed by atoms with Crippen LogP contribution in [0.25, 0.3) is 0 Å². The molecule has 0 N–H and O–H groups in total. The average molecular weight is 549 g/mol. The highest BCUT2D eigenvalue weighted by molar-refractivity contribution is 4.58. The maximum absolute atomic E-state index is 2.51. The Labute approximate surface area is 251 Å². The monoisotopic (exact) mass is 549 g/mol. The zero-order chi connectivity index (χ0) is 28.5. The highest BCUT2D eigenvalue weighted by Gasteiger charge is 2.04. The highest BCUT2D eigenvalue weighted by atomic mass is 14.1. The molecule has 0 saturated carbocycles. The van der Waals surface area contributed by atoms with Gasteiger partial charge in [-0.25, -0.2) is 0 Å². The second-order valence-corrected chi connectivity index (χ2v) is 13.9. The third kappa shape index (κ3) is 34.1. The van der Waals surface area contributed by atoms with Gasteiger partial charge in [-0.3, -0.25) is 0 Å². The third-order valence-electron chi connectivity index (χ3n) is 9.49. The minimum absolute atomic E-state index is 0.964. The molecule has 236 valence electrons. The molecule has 0 heteroatoms. The summed E-state index contributed by atoms with van der Waals surface area (Å²) in [5.74, 6) is 1.93. The Kier molecular flexibility index (Phi) is 34.2. The standard InChI is InChI=1S/C39H80/c1-5-7-9-11-13-15-16-17-19-23-27-31-35-39(4)37-33-29-25-21-18-20-24-28-32-36-38(3)34-30-26-22-14-12-10-8-6-2/h38-39H,5-37H2,1-4H3. The second-order valence-electron chi connectivity index (χ2n) is 13.9. The third-order valence-corrected chi connectivity index (χ3v) is 9.49. The fourth-order valence-corrected chi connectivity index (χ4v) is 6.47. The Bertz CT molecular complexity index is 412. The van der Waals surface area contributed by atoms with Crippen LogP contribution in [-0.4, -0.2) is 0 Å². The van der Waals surface area contributed by atoms with Gasteiger partial charge in [0.1, 0.15) is 0 Å². The van der Waals surface area contributed by atoms with E-state index in [0.29, 0.717) is 0 Å².